The van der Waals surface area contributed by atoms with E-state index in [0.717, 1.165) is 12.8 Å². The van der Waals surface area contributed by atoms with Crippen molar-refractivity contribution in [1.29, 1.82) is 0 Å². The number of carboxylic acid groups (broad SMARTS) is 1. The SMILES string of the molecule is Cc1ccc(NS(=O)(=O)NC2CC2)cc1C(=O)O. The number of carboxylic acids is 1. The van der Waals surface area contributed by atoms with Crippen LogP contribution in [0.4, 0.5) is 5.69 Å². The summed E-state index contributed by atoms with van der Waals surface area (Å²) in [5.74, 6) is -1.08. The highest BCUT2D eigenvalue weighted by atomic mass is 32.2. The Labute approximate surface area is 105 Å². The van der Waals surface area contributed by atoms with Crippen molar-refractivity contribution in [3.8, 4) is 0 Å². The second-order valence-corrected chi connectivity index (χ2v) is 5.78. The molecule has 2 rings (SSSR count). The van der Waals surface area contributed by atoms with Gasteiger partial charge in [0.2, 0.25) is 0 Å². The smallest absolute Gasteiger partial charge is 0.336 e. The third-order valence-electron chi connectivity index (χ3n) is 2.62. The summed E-state index contributed by atoms with van der Waals surface area (Å²) in [6, 6.07) is 4.42. The topological polar surface area (TPSA) is 95.5 Å². The predicted octanol–water partition coefficient (Wildman–Crippen LogP) is 1.10. The number of nitrogens with one attached hydrogen (secondary N) is 2. The molecule has 0 atom stereocenters. The minimum Gasteiger partial charge on any atom is -0.478 e. The molecule has 0 amide bonds. The van der Waals surface area contributed by atoms with Gasteiger partial charge in [0.05, 0.1) is 11.3 Å². The van der Waals surface area contributed by atoms with Gasteiger partial charge in [0.1, 0.15) is 0 Å². The van der Waals surface area contributed by atoms with Gasteiger partial charge in [-0.2, -0.15) is 13.1 Å². The molecule has 0 aromatic heterocycles. The molecule has 0 bridgehead atoms. The fraction of sp³-hybridized carbons (Fsp3) is 0.364. The highest BCUT2D eigenvalue weighted by Crippen LogP contribution is 2.21. The average molecular weight is 270 g/mol. The highest BCUT2D eigenvalue weighted by Gasteiger charge is 2.26. The van der Waals surface area contributed by atoms with E-state index in [1.165, 1.54) is 12.1 Å². The van der Waals surface area contributed by atoms with Crippen molar-refractivity contribution in [2.24, 2.45) is 0 Å². The van der Waals surface area contributed by atoms with E-state index in [1.54, 1.807) is 13.0 Å². The molecule has 1 aromatic rings. The first-order valence-corrected chi connectivity index (χ1v) is 7.00. The molecule has 6 nitrogen and oxygen atoms in total. The van der Waals surface area contributed by atoms with Crippen LogP contribution in [0.3, 0.4) is 0 Å². The lowest BCUT2D eigenvalue weighted by Crippen LogP contribution is -2.31. The van der Waals surface area contributed by atoms with Crippen molar-refractivity contribution in [2.45, 2.75) is 25.8 Å². The maximum Gasteiger partial charge on any atom is 0.336 e. The quantitative estimate of drug-likeness (QED) is 0.746. The monoisotopic (exact) mass is 270 g/mol. The molecule has 0 aliphatic heterocycles. The lowest BCUT2D eigenvalue weighted by Gasteiger charge is -2.10. The van der Waals surface area contributed by atoms with E-state index in [4.69, 9.17) is 5.11 Å². The van der Waals surface area contributed by atoms with Crippen LogP contribution in [0, 0.1) is 6.92 Å². The molecule has 1 aliphatic rings. The van der Waals surface area contributed by atoms with Gasteiger partial charge in [-0.1, -0.05) is 6.07 Å². The van der Waals surface area contributed by atoms with Crippen LogP contribution >= 0.6 is 0 Å². The minimum absolute atomic E-state index is 0.00638. The first kappa shape index (κ1) is 12.8. The van der Waals surface area contributed by atoms with Crippen molar-refractivity contribution >= 4 is 21.9 Å². The molecule has 1 fully saturated rings. The Hall–Kier alpha value is -1.60. The molecule has 0 radical (unpaired) electrons. The van der Waals surface area contributed by atoms with Gasteiger partial charge >= 0.3 is 5.97 Å². The van der Waals surface area contributed by atoms with Gasteiger partial charge < -0.3 is 5.11 Å². The summed E-state index contributed by atoms with van der Waals surface area (Å²) in [6.45, 7) is 1.66. The number of hydrogen-bond donors (Lipinski definition) is 3. The van der Waals surface area contributed by atoms with Crippen molar-refractivity contribution in [2.75, 3.05) is 4.72 Å². The summed E-state index contributed by atoms with van der Waals surface area (Å²) in [7, 11) is -3.62. The van der Waals surface area contributed by atoms with E-state index in [2.05, 4.69) is 9.44 Å². The first-order chi connectivity index (χ1) is 8.37. The zero-order valence-electron chi connectivity index (χ0n) is 9.80. The number of aryl methyl sites for hydroxylation is 1. The fourth-order valence-electron chi connectivity index (χ4n) is 1.52. The number of carbonyl (C=O) groups is 1. The molecule has 0 unspecified atom stereocenters. The normalized spacial score (nSPS) is 15.4. The van der Waals surface area contributed by atoms with Crippen LogP contribution in [0.2, 0.25) is 0 Å². The Morgan fingerprint density at radius 2 is 2.06 bits per heavy atom. The average Bonchev–Trinajstić information content (AvgIpc) is 3.03. The van der Waals surface area contributed by atoms with Crippen LogP contribution in [-0.2, 0) is 10.2 Å². The largest absolute Gasteiger partial charge is 0.478 e. The summed E-state index contributed by atoms with van der Waals surface area (Å²) < 4.78 is 28.1. The number of aromatic carboxylic acids is 1. The van der Waals surface area contributed by atoms with E-state index >= 15 is 0 Å². The summed E-state index contributed by atoms with van der Waals surface area (Å²) in [5.41, 5.74) is 0.911. The van der Waals surface area contributed by atoms with Crippen LogP contribution in [-0.4, -0.2) is 25.5 Å². The predicted molar refractivity (Wildman–Crippen MR) is 66.8 cm³/mol. The second kappa shape index (κ2) is 4.58. The zero-order chi connectivity index (χ0) is 13.3. The summed E-state index contributed by atoms with van der Waals surface area (Å²) in [4.78, 5) is 10.9. The first-order valence-electron chi connectivity index (χ1n) is 5.51. The van der Waals surface area contributed by atoms with Crippen LogP contribution < -0.4 is 9.44 Å². The number of benzene rings is 1. The summed E-state index contributed by atoms with van der Waals surface area (Å²) in [5, 5.41) is 8.95. The van der Waals surface area contributed by atoms with E-state index in [0.29, 0.717) is 5.56 Å². The minimum atomic E-state index is -3.62. The number of anilines is 1. The number of rotatable bonds is 5. The van der Waals surface area contributed by atoms with Gasteiger partial charge in [-0.25, -0.2) is 4.79 Å². The highest BCUT2D eigenvalue weighted by molar-refractivity contribution is 7.90. The Morgan fingerprint density at radius 3 is 2.61 bits per heavy atom. The summed E-state index contributed by atoms with van der Waals surface area (Å²) in [6.07, 6.45) is 1.68. The van der Waals surface area contributed by atoms with Crippen LogP contribution in [0.5, 0.6) is 0 Å². The van der Waals surface area contributed by atoms with Crippen LogP contribution in [0.25, 0.3) is 0 Å². The third-order valence-corrected chi connectivity index (χ3v) is 3.77. The van der Waals surface area contributed by atoms with E-state index in [1.807, 2.05) is 0 Å². The van der Waals surface area contributed by atoms with Gasteiger partial charge in [0.15, 0.2) is 0 Å². The maximum absolute atomic E-state index is 11.6. The standard InChI is InChI=1S/C11H14N2O4S/c1-7-2-3-9(6-10(7)11(14)15)13-18(16,17)12-8-4-5-8/h2-3,6,8,12-13H,4-5H2,1H3,(H,14,15). The molecule has 7 heteroatoms. The van der Waals surface area contributed by atoms with Crippen LogP contribution in [0.15, 0.2) is 18.2 Å². The molecule has 98 valence electrons. The lowest BCUT2D eigenvalue weighted by atomic mass is 10.1. The molecule has 1 saturated carbocycles. The van der Waals surface area contributed by atoms with E-state index in [-0.39, 0.29) is 17.3 Å². The third kappa shape index (κ3) is 3.21. The molecule has 0 saturated heterocycles. The molecule has 0 spiro atoms. The molecule has 1 aromatic carbocycles. The van der Waals surface area contributed by atoms with Crippen molar-refractivity contribution in [1.82, 2.24) is 4.72 Å². The Bertz CT molecular complexity index is 579. The van der Waals surface area contributed by atoms with Crippen LogP contribution in [0.1, 0.15) is 28.8 Å². The zero-order valence-corrected chi connectivity index (χ0v) is 10.6. The van der Waals surface area contributed by atoms with E-state index < -0.39 is 16.2 Å². The van der Waals surface area contributed by atoms with Crippen molar-refractivity contribution in [3.05, 3.63) is 29.3 Å². The van der Waals surface area contributed by atoms with Gasteiger partial charge in [-0.3, -0.25) is 4.72 Å². The molecular formula is C11H14N2O4S. The Balaban J connectivity index is 2.18. The van der Waals surface area contributed by atoms with Gasteiger partial charge in [-0.05, 0) is 37.5 Å². The van der Waals surface area contributed by atoms with E-state index in [9.17, 15) is 13.2 Å². The fourth-order valence-corrected chi connectivity index (χ4v) is 2.69. The van der Waals surface area contributed by atoms with Crippen molar-refractivity contribution in [3.63, 3.8) is 0 Å². The molecule has 0 heterocycles. The van der Waals surface area contributed by atoms with Crippen molar-refractivity contribution < 1.29 is 18.3 Å². The molecule has 18 heavy (non-hydrogen) atoms. The Morgan fingerprint density at radius 1 is 1.39 bits per heavy atom. The second-order valence-electron chi connectivity index (χ2n) is 4.33. The number of hydrogen-bond acceptors (Lipinski definition) is 3. The molecular weight excluding hydrogens is 256 g/mol. The van der Waals surface area contributed by atoms with Gasteiger partial charge in [-0.15, -0.1) is 0 Å². The Kier molecular flexibility index (Phi) is 3.27. The lowest BCUT2D eigenvalue weighted by molar-refractivity contribution is 0.0696. The van der Waals surface area contributed by atoms with Gasteiger partial charge in [0.25, 0.3) is 10.2 Å². The maximum atomic E-state index is 11.6. The molecule has 1 aliphatic carbocycles. The van der Waals surface area contributed by atoms with Gasteiger partial charge in [0, 0.05) is 6.04 Å². The summed E-state index contributed by atoms with van der Waals surface area (Å²) >= 11 is 0. The molecule has 3 N–H and O–H groups in total.